The van der Waals surface area contributed by atoms with Gasteiger partial charge in [0.15, 0.2) is 0 Å². The third kappa shape index (κ3) is 5.84. The Morgan fingerprint density at radius 2 is 2.12 bits per heavy atom. The van der Waals surface area contributed by atoms with Crippen molar-refractivity contribution in [3.63, 3.8) is 0 Å². The van der Waals surface area contributed by atoms with Crippen LogP contribution in [-0.2, 0) is 4.74 Å². The zero-order valence-electron chi connectivity index (χ0n) is 12.0. The lowest BCUT2D eigenvalue weighted by atomic mass is 10.1. The molecule has 0 aromatic heterocycles. The second-order valence-corrected chi connectivity index (χ2v) is 5.54. The van der Waals surface area contributed by atoms with Crippen LogP contribution in [0.5, 0.6) is 0 Å². The van der Waals surface area contributed by atoms with Crippen molar-refractivity contribution in [2.75, 3.05) is 32.8 Å². The first kappa shape index (κ1) is 14.9. The van der Waals surface area contributed by atoms with Crippen molar-refractivity contribution in [2.45, 2.75) is 52.7 Å². The molecule has 1 rings (SSSR count). The van der Waals surface area contributed by atoms with Gasteiger partial charge in [0.05, 0.1) is 6.10 Å². The highest BCUT2D eigenvalue weighted by Gasteiger charge is 2.16. The molecule has 0 spiro atoms. The van der Waals surface area contributed by atoms with Crippen LogP contribution in [0.3, 0.4) is 0 Å². The maximum Gasteiger partial charge on any atom is 0.0699 e. The summed E-state index contributed by atoms with van der Waals surface area (Å²) in [4.78, 5) is 2.54. The summed E-state index contributed by atoms with van der Waals surface area (Å²) in [5.74, 6) is 0.714. The fraction of sp³-hybridized carbons (Fsp3) is 1.00. The van der Waals surface area contributed by atoms with Crippen LogP contribution in [0.15, 0.2) is 0 Å². The number of nitrogens with zero attached hydrogens (tertiary/aromatic N) is 1. The van der Waals surface area contributed by atoms with E-state index in [0.717, 1.165) is 32.7 Å². The molecule has 2 atom stereocenters. The van der Waals surface area contributed by atoms with Gasteiger partial charge in [-0.25, -0.2) is 0 Å². The molecule has 3 nitrogen and oxygen atoms in total. The molecule has 2 unspecified atom stereocenters. The number of hydrogen-bond acceptors (Lipinski definition) is 3. The Balaban J connectivity index is 2.20. The van der Waals surface area contributed by atoms with Gasteiger partial charge >= 0.3 is 0 Å². The van der Waals surface area contributed by atoms with Crippen molar-refractivity contribution in [1.29, 1.82) is 0 Å². The van der Waals surface area contributed by atoms with Gasteiger partial charge in [0.2, 0.25) is 0 Å². The van der Waals surface area contributed by atoms with Gasteiger partial charge in [-0.3, -0.25) is 4.90 Å². The van der Waals surface area contributed by atoms with Gasteiger partial charge < -0.3 is 10.1 Å². The van der Waals surface area contributed by atoms with E-state index in [2.05, 4.69) is 37.9 Å². The van der Waals surface area contributed by atoms with Gasteiger partial charge in [0, 0.05) is 38.8 Å². The van der Waals surface area contributed by atoms with Crippen LogP contribution in [-0.4, -0.2) is 49.8 Å². The van der Waals surface area contributed by atoms with Crippen molar-refractivity contribution >= 4 is 0 Å². The molecule has 0 radical (unpaired) electrons. The number of ether oxygens (including phenoxy) is 1. The summed E-state index contributed by atoms with van der Waals surface area (Å²) in [7, 11) is 0. The second-order valence-electron chi connectivity index (χ2n) is 5.54. The summed E-state index contributed by atoms with van der Waals surface area (Å²) < 4.78 is 5.79. The standard InChI is InChI=1S/C14H30N2O/c1-5-14-11-16(8-6-10-17-14)9-7-15-13(4)12(2)3/h12-15H,5-11H2,1-4H3. The Labute approximate surface area is 107 Å². The Hall–Kier alpha value is -0.120. The molecule has 102 valence electrons. The topological polar surface area (TPSA) is 24.5 Å². The second kappa shape index (κ2) is 8.06. The molecule has 1 fully saturated rings. The zero-order chi connectivity index (χ0) is 12.7. The highest BCUT2D eigenvalue weighted by Crippen LogP contribution is 2.08. The number of hydrogen-bond donors (Lipinski definition) is 1. The van der Waals surface area contributed by atoms with E-state index in [1.165, 1.54) is 13.0 Å². The van der Waals surface area contributed by atoms with Crippen molar-refractivity contribution in [3.8, 4) is 0 Å². The SMILES string of the molecule is CCC1CN(CCNC(C)C(C)C)CCCO1. The molecule has 0 amide bonds. The molecule has 0 bridgehead atoms. The molecule has 1 N–H and O–H groups in total. The van der Waals surface area contributed by atoms with Crippen molar-refractivity contribution < 1.29 is 4.74 Å². The van der Waals surface area contributed by atoms with Crippen LogP contribution in [0.25, 0.3) is 0 Å². The van der Waals surface area contributed by atoms with Crippen LogP contribution in [0.2, 0.25) is 0 Å². The third-order valence-corrected chi connectivity index (χ3v) is 3.78. The number of rotatable bonds is 6. The maximum absolute atomic E-state index is 5.79. The fourth-order valence-corrected chi connectivity index (χ4v) is 2.11. The molecule has 1 aliphatic rings. The molecule has 0 aliphatic carbocycles. The minimum atomic E-state index is 0.444. The van der Waals surface area contributed by atoms with E-state index in [1.54, 1.807) is 0 Å². The van der Waals surface area contributed by atoms with Crippen molar-refractivity contribution in [3.05, 3.63) is 0 Å². The third-order valence-electron chi connectivity index (χ3n) is 3.78. The van der Waals surface area contributed by atoms with Crippen LogP contribution >= 0.6 is 0 Å². The molecule has 1 heterocycles. The van der Waals surface area contributed by atoms with Gasteiger partial charge in [0.1, 0.15) is 0 Å². The van der Waals surface area contributed by atoms with Gasteiger partial charge in [-0.1, -0.05) is 20.8 Å². The Bertz CT molecular complexity index is 197. The van der Waals surface area contributed by atoms with E-state index in [1.807, 2.05) is 0 Å². The Morgan fingerprint density at radius 1 is 1.35 bits per heavy atom. The first-order valence-corrected chi connectivity index (χ1v) is 7.20. The van der Waals surface area contributed by atoms with E-state index in [0.29, 0.717) is 18.1 Å². The van der Waals surface area contributed by atoms with Crippen LogP contribution in [0.4, 0.5) is 0 Å². The highest BCUT2D eigenvalue weighted by atomic mass is 16.5. The molecule has 17 heavy (non-hydrogen) atoms. The normalized spacial score (nSPS) is 24.9. The van der Waals surface area contributed by atoms with E-state index in [-0.39, 0.29) is 0 Å². The van der Waals surface area contributed by atoms with E-state index in [9.17, 15) is 0 Å². The maximum atomic E-state index is 5.79. The minimum absolute atomic E-state index is 0.444. The highest BCUT2D eigenvalue weighted by molar-refractivity contribution is 4.71. The predicted molar refractivity (Wildman–Crippen MR) is 73.4 cm³/mol. The van der Waals surface area contributed by atoms with Crippen LogP contribution in [0, 0.1) is 5.92 Å². The molecular weight excluding hydrogens is 212 g/mol. The van der Waals surface area contributed by atoms with Crippen molar-refractivity contribution in [1.82, 2.24) is 10.2 Å². The minimum Gasteiger partial charge on any atom is -0.377 e. The molecular formula is C14H30N2O. The predicted octanol–water partition coefficient (Wildman–Crippen LogP) is 2.12. The van der Waals surface area contributed by atoms with Gasteiger partial charge in [-0.05, 0) is 25.7 Å². The Kier molecular flexibility index (Phi) is 7.09. The molecule has 0 saturated carbocycles. The summed E-state index contributed by atoms with van der Waals surface area (Å²) in [5.41, 5.74) is 0. The Morgan fingerprint density at radius 3 is 2.76 bits per heavy atom. The lowest BCUT2D eigenvalue weighted by Gasteiger charge is -2.25. The summed E-state index contributed by atoms with van der Waals surface area (Å²) in [5, 5.41) is 3.60. The lowest BCUT2D eigenvalue weighted by Crippen LogP contribution is -2.40. The summed E-state index contributed by atoms with van der Waals surface area (Å²) >= 11 is 0. The quantitative estimate of drug-likeness (QED) is 0.772. The van der Waals surface area contributed by atoms with Gasteiger partial charge in [0.25, 0.3) is 0 Å². The van der Waals surface area contributed by atoms with Crippen LogP contribution < -0.4 is 5.32 Å². The van der Waals surface area contributed by atoms with Gasteiger partial charge in [-0.15, -0.1) is 0 Å². The summed E-state index contributed by atoms with van der Waals surface area (Å²) in [6.07, 6.45) is 2.75. The van der Waals surface area contributed by atoms with Crippen LogP contribution in [0.1, 0.15) is 40.5 Å². The first-order valence-electron chi connectivity index (χ1n) is 7.20. The molecule has 3 heteroatoms. The molecule has 1 aliphatic heterocycles. The fourth-order valence-electron chi connectivity index (χ4n) is 2.11. The van der Waals surface area contributed by atoms with Gasteiger partial charge in [-0.2, -0.15) is 0 Å². The smallest absolute Gasteiger partial charge is 0.0699 e. The number of nitrogens with one attached hydrogen (secondary N) is 1. The molecule has 1 saturated heterocycles. The van der Waals surface area contributed by atoms with E-state index < -0.39 is 0 Å². The zero-order valence-corrected chi connectivity index (χ0v) is 12.0. The first-order chi connectivity index (χ1) is 8.13. The summed E-state index contributed by atoms with van der Waals surface area (Å²) in [6, 6.07) is 0.611. The van der Waals surface area contributed by atoms with Crippen molar-refractivity contribution in [2.24, 2.45) is 5.92 Å². The molecule has 0 aromatic carbocycles. The summed E-state index contributed by atoms with van der Waals surface area (Å²) in [6.45, 7) is 14.5. The molecule has 0 aromatic rings. The monoisotopic (exact) mass is 242 g/mol. The van der Waals surface area contributed by atoms with E-state index in [4.69, 9.17) is 4.74 Å². The largest absolute Gasteiger partial charge is 0.377 e. The lowest BCUT2D eigenvalue weighted by molar-refractivity contribution is 0.0520. The average Bonchev–Trinajstić information content (AvgIpc) is 2.54. The average molecular weight is 242 g/mol. The van der Waals surface area contributed by atoms with E-state index >= 15 is 0 Å².